The number of ether oxygens (including phenoxy) is 3. The minimum atomic E-state index is -0.387. The maximum absolute atomic E-state index is 11.8. The number of carbonyl (C=O) groups excluding carboxylic acids is 1. The summed E-state index contributed by atoms with van der Waals surface area (Å²) in [6.45, 7) is 2.33. The van der Waals surface area contributed by atoms with Gasteiger partial charge in [-0.1, -0.05) is 0 Å². The van der Waals surface area contributed by atoms with Crippen molar-refractivity contribution in [2.45, 2.75) is 6.92 Å². The van der Waals surface area contributed by atoms with E-state index < -0.39 is 0 Å². The standard InChI is InChI=1S/C14H13NO4S/c1-2-17-14(16)13-9(15)6-12(20-13)8-3-4-10-11(5-8)19-7-18-10/h3-6H,2,7,15H2,1H3. The van der Waals surface area contributed by atoms with Gasteiger partial charge in [0.25, 0.3) is 0 Å². The summed E-state index contributed by atoms with van der Waals surface area (Å²) in [6.07, 6.45) is 0. The molecule has 3 rings (SSSR count). The van der Waals surface area contributed by atoms with E-state index in [-0.39, 0.29) is 12.8 Å². The Morgan fingerprint density at radius 1 is 1.35 bits per heavy atom. The van der Waals surface area contributed by atoms with Gasteiger partial charge in [-0.15, -0.1) is 11.3 Å². The fourth-order valence-electron chi connectivity index (χ4n) is 1.95. The van der Waals surface area contributed by atoms with E-state index in [1.165, 1.54) is 11.3 Å². The lowest BCUT2D eigenvalue weighted by atomic mass is 10.1. The van der Waals surface area contributed by atoms with Crippen molar-refractivity contribution in [3.05, 3.63) is 29.1 Å². The number of benzene rings is 1. The van der Waals surface area contributed by atoms with Crippen molar-refractivity contribution < 1.29 is 19.0 Å². The molecule has 20 heavy (non-hydrogen) atoms. The second-order valence-corrected chi connectivity index (χ2v) is 5.24. The first-order chi connectivity index (χ1) is 9.69. The smallest absolute Gasteiger partial charge is 0.350 e. The number of fused-ring (bicyclic) bond motifs is 1. The van der Waals surface area contributed by atoms with E-state index in [0.29, 0.717) is 22.9 Å². The molecular formula is C14H13NO4S. The van der Waals surface area contributed by atoms with Gasteiger partial charge in [0.2, 0.25) is 6.79 Å². The van der Waals surface area contributed by atoms with Gasteiger partial charge in [0, 0.05) is 4.88 Å². The Bertz CT molecular complexity index is 665. The number of nitrogen functional groups attached to an aromatic ring is 1. The molecule has 1 aromatic heterocycles. The Morgan fingerprint density at radius 2 is 2.15 bits per heavy atom. The third-order valence-corrected chi connectivity index (χ3v) is 4.06. The molecule has 1 aromatic carbocycles. The molecule has 6 heteroatoms. The van der Waals surface area contributed by atoms with Crippen LogP contribution in [0.2, 0.25) is 0 Å². The van der Waals surface area contributed by atoms with E-state index in [1.54, 1.807) is 13.0 Å². The number of rotatable bonds is 3. The van der Waals surface area contributed by atoms with Crippen LogP contribution in [0.5, 0.6) is 11.5 Å². The van der Waals surface area contributed by atoms with Gasteiger partial charge >= 0.3 is 5.97 Å². The van der Waals surface area contributed by atoms with E-state index in [0.717, 1.165) is 16.2 Å². The largest absolute Gasteiger partial charge is 0.462 e. The summed E-state index contributed by atoms with van der Waals surface area (Å²) >= 11 is 1.31. The molecule has 104 valence electrons. The summed E-state index contributed by atoms with van der Waals surface area (Å²) < 4.78 is 15.6. The highest BCUT2D eigenvalue weighted by Crippen LogP contribution is 2.39. The molecule has 0 radical (unpaired) electrons. The van der Waals surface area contributed by atoms with Crippen LogP contribution < -0.4 is 15.2 Å². The van der Waals surface area contributed by atoms with E-state index in [4.69, 9.17) is 19.9 Å². The van der Waals surface area contributed by atoms with Crippen LogP contribution in [0, 0.1) is 0 Å². The maximum Gasteiger partial charge on any atom is 0.350 e. The van der Waals surface area contributed by atoms with Gasteiger partial charge in [-0.3, -0.25) is 0 Å². The van der Waals surface area contributed by atoms with Crippen molar-refractivity contribution in [2.75, 3.05) is 19.1 Å². The number of thiophene rings is 1. The fraction of sp³-hybridized carbons (Fsp3) is 0.214. The highest BCUT2D eigenvalue weighted by atomic mass is 32.1. The Kier molecular flexibility index (Phi) is 3.23. The van der Waals surface area contributed by atoms with Gasteiger partial charge in [-0.05, 0) is 36.8 Å². The Morgan fingerprint density at radius 3 is 2.95 bits per heavy atom. The van der Waals surface area contributed by atoms with Crippen LogP contribution >= 0.6 is 11.3 Å². The summed E-state index contributed by atoms with van der Waals surface area (Å²) in [5.74, 6) is 1.04. The Labute approximate surface area is 119 Å². The van der Waals surface area contributed by atoms with Crippen molar-refractivity contribution in [3.63, 3.8) is 0 Å². The van der Waals surface area contributed by atoms with Crippen LogP contribution in [0.25, 0.3) is 10.4 Å². The number of nitrogens with two attached hydrogens (primary N) is 1. The summed E-state index contributed by atoms with van der Waals surface area (Å²) in [4.78, 5) is 13.1. The van der Waals surface area contributed by atoms with Crippen LogP contribution in [-0.2, 0) is 4.74 Å². The molecule has 0 aliphatic carbocycles. The minimum absolute atomic E-state index is 0.236. The zero-order chi connectivity index (χ0) is 14.1. The third kappa shape index (κ3) is 2.18. The summed E-state index contributed by atoms with van der Waals surface area (Å²) in [6, 6.07) is 7.41. The molecule has 0 fully saturated rings. The second kappa shape index (κ2) is 5.05. The van der Waals surface area contributed by atoms with E-state index in [2.05, 4.69) is 0 Å². The normalized spacial score (nSPS) is 12.4. The Balaban J connectivity index is 1.95. The molecule has 5 nitrogen and oxygen atoms in total. The Hall–Kier alpha value is -2.21. The zero-order valence-corrected chi connectivity index (χ0v) is 11.7. The van der Waals surface area contributed by atoms with E-state index in [1.807, 2.05) is 18.2 Å². The van der Waals surface area contributed by atoms with Gasteiger partial charge in [-0.2, -0.15) is 0 Å². The molecular weight excluding hydrogens is 278 g/mol. The van der Waals surface area contributed by atoms with Crippen molar-refractivity contribution in [1.29, 1.82) is 0 Å². The van der Waals surface area contributed by atoms with Crippen molar-refractivity contribution in [1.82, 2.24) is 0 Å². The number of hydrogen-bond donors (Lipinski definition) is 1. The maximum atomic E-state index is 11.8. The lowest BCUT2D eigenvalue weighted by molar-refractivity contribution is 0.0533. The van der Waals surface area contributed by atoms with Crippen molar-refractivity contribution in [2.24, 2.45) is 0 Å². The molecule has 1 aliphatic heterocycles. The van der Waals surface area contributed by atoms with Gasteiger partial charge in [0.05, 0.1) is 12.3 Å². The number of carbonyl (C=O) groups is 1. The van der Waals surface area contributed by atoms with Crippen LogP contribution in [0.3, 0.4) is 0 Å². The third-order valence-electron chi connectivity index (χ3n) is 2.88. The molecule has 0 amide bonds. The number of anilines is 1. The molecule has 0 bridgehead atoms. The average Bonchev–Trinajstić information content (AvgIpc) is 3.04. The molecule has 0 unspecified atom stereocenters. The van der Waals surface area contributed by atoms with Gasteiger partial charge < -0.3 is 19.9 Å². The van der Waals surface area contributed by atoms with Crippen molar-refractivity contribution in [3.8, 4) is 21.9 Å². The second-order valence-electron chi connectivity index (χ2n) is 4.18. The average molecular weight is 291 g/mol. The molecule has 1 aliphatic rings. The molecule has 2 heterocycles. The van der Waals surface area contributed by atoms with Gasteiger partial charge in [0.15, 0.2) is 11.5 Å². The van der Waals surface area contributed by atoms with Crippen molar-refractivity contribution >= 4 is 23.0 Å². The lowest BCUT2D eigenvalue weighted by Crippen LogP contribution is -2.04. The zero-order valence-electron chi connectivity index (χ0n) is 10.8. The van der Waals surface area contributed by atoms with E-state index >= 15 is 0 Å². The highest BCUT2D eigenvalue weighted by molar-refractivity contribution is 7.18. The molecule has 2 aromatic rings. The first-order valence-corrected chi connectivity index (χ1v) is 6.97. The monoisotopic (exact) mass is 291 g/mol. The fourth-order valence-corrected chi connectivity index (χ4v) is 2.92. The molecule has 0 saturated carbocycles. The first-order valence-electron chi connectivity index (χ1n) is 6.15. The minimum Gasteiger partial charge on any atom is -0.462 e. The van der Waals surface area contributed by atoms with E-state index in [9.17, 15) is 4.79 Å². The predicted molar refractivity (Wildman–Crippen MR) is 76.2 cm³/mol. The topological polar surface area (TPSA) is 70.8 Å². The molecule has 0 atom stereocenters. The van der Waals surface area contributed by atoms with Crippen LogP contribution in [0.1, 0.15) is 16.6 Å². The summed E-state index contributed by atoms with van der Waals surface area (Å²) in [5, 5.41) is 0. The molecule has 0 spiro atoms. The quantitative estimate of drug-likeness (QED) is 0.880. The van der Waals surface area contributed by atoms with Gasteiger partial charge in [0.1, 0.15) is 4.88 Å². The lowest BCUT2D eigenvalue weighted by Gasteiger charge is -2.00. The predicted octanol–water partition coefficient (Wildman–Crippen LogP) is 2.90. The summed E-state index contributed by atoms with van der Waals surface area (Å²) in [5.41, 5.74) is 7.24. The number of hydrogen-bond acceptors (Lipinski definition) is 6. The first kappa shape index (κ1) is 12.8. The summed E-state index contributed by atoms with van der Waals surface area (Å²) in [7, 11) is 0. The highest BCUT2D eigenvalue weighted by Gasteiger charge is 2.18. The number of esters is 1. The van der Waals surface area contributed by atoms with Crippen LogP contribution in [-0.4, -0.2) is 19.4 Å². The SMILES string of the molecule is CCOC(=O)c1sc(-c2ccc3c(c2)OCO3)cc1N. The van der Waals surface area contributed by atoms with Crippen LogP contribution in [0.15, 0.2) is 24.3 Å². The van der Waals surface area contributed by atoms with Crippen LogP contribution in [0.4, 0.5) is 5.69 Å². The van der Waals surface area contributed by atoms with Gasteiger partial charge in [-0.25, -0.2) is 4.79 Å². The molecule has 0 saturated heterocycles. The molecule has 2 N–H and O–H groups in total.